The van der Waals surface area contributed by atoms with Gasteiger partial charge in [0.1, 0.15) is 29.0 Å². The van der Waals surface area contributed by atoms with Gasteiger partial charge in [0, 0.05) is 37.7 Å². The lowest BCUT2D eigenvalue weighted by atomic mass is 9.85. The van der Waals surface area contributed by atoms with E-state index in [2.05, 4.69) is 37.6 Å². The number of nitrogens with zero attached hydrogens (tertiary/aromatic N) is 7. The Labute approximate surface area is 318 Å². The van der Waals surface area contributed by atoms with Gasteiger partial charge in [-0.05, 0) is 56.0 Å². The lowest BCUT2D eigenvalue weighted by Gasteiger charge is -2.36. The van der Waals surface area contributed by atoms with Gasteiger partial charge in [-0.25, -0.2) is 14.5 Å². The first-order valence-electron chi connectivity index (χ1n) is 17.0. The number of rotatable bonds is 11. The predicted molar refractivity (Wildman–Crippen MR) is 194 cm³/mol. The number of alkyl carbamates (subject to hydrolysis) is 1. The van der Waals surface area contributed by atoms with Crippen molar-refractivity contribution in [3.05, 3.63) is 48.4 Å². The molecule has 292 valence electrons. The number of benzene rings is 1. The zero-order chi connectivity index (χ0) is 40.0. The number of ether oxygens (including phenoxy) is 2. The highest BCUT2D eigenvalue weighted by molar-refractivity contribution is 7.90. The molecule has 1 aliphatic carbocycles. The summed E-state index contributed by atoms with van der Waals surface area (Å²) in [5.41, 5.74) is -2.85. The number of carbonyl (C=O) groups is 4. The van der Waals surface area contributed by atoms with Crippen molar-refractivity contribution < 1.29 is 37.1 Å². The molecule has 0 unspecified atom stereocenters. The third-order valence-corrected chi connectivity index (χ3v) is 10.5. The van der Waals surface area contributed by atoms with Gasteiger partial charge in [-0.2, -0.15) is 13.2 Å². The molecule has 54 heavy (non-hydrogen) atoms. The highest BCUT2D eigenvalue weighted by Crippen LogP contribution is 2.45. The van der Waals surface area contributed by atoms with Crippen LogP contribution in [0.4, 0.5) is 4.79 Å². The van der Waals surface area contributed by atoms with E-state index in [9.17, 15) is 27.6 Å². The molecular weight excluding hydrogens is 744 g/mol. The normalized spacial score (nSPS) is 21.9. The number of sulfonamides is 1. The molecule has 1 aromatic carbocycles. The van der Waals surface area contributed by atoms with E-state index in [1.54, 1.807) is 66.8 Å². The molecule has 3 N–H and O–H groups in total. The smallest absolute Gasteiger partial charge is 0.408 e. The molecule has 1 saturated heterocycles. The monoisotopic (exact) mass is 788 g/mol. The van der Waals surface area contributed by atoms with Crippen molar-refractivity contribution in [2.75, 3.05) is 13.7 Å². The van der Waals surface area contributed by atoms with Crippen LogP contribution in [0.5, 0.6) is 5.75 Å². The van der Waals surface area contributed by atoms with Gasteiger partial charge in [-0.1, -0.05) is 38.4 Å². The number of aromatic nitrogens is 6. The minimum absolute atomic E-state index is 0.0251. The molecule has 3 aromatic rings. The van der Waals surface area contributed by atoms with E-state index in [-0.39, 0.29) is 30.2 Å². The Morgan fingerprint density at radius 3 is 2.41 bits per heavy atom. The second-order valence-electron chi connectivity index (χ2n) is 15.4. The van der Waals surface area contributed by atoms with E-state index in [4.69, 9.17) is 21.1 Å². The van der Waals surface area contributed by atoms with Crippen LogP contribution < -0.4 is 20.1 Å². The molecule has 0 spiro atoms. The topological polar surface area (TPSA) is 222 Å². The molecular formula is C34H45ClN10O8S. The average molecular weight is 789 g/mol. The zero-order valence-corrected chi connectivity index (χ0v) is 32.9. The van der Waals surface area contributed by atoms with Crippen LogP contribution in [-0.4, -0.2) is 104 Å². The number of hydrogen-bond acceptors (Lipinski definition) is 12. The summed E-state index contributed by atoms with van der Waals surface area (Å²) < 4.78 is 40.2. The first-order chi connectivity index (χ1) is 25.1. The van der Waals surface area contributed by atoms with Crippen LogP contribution in [0.25, 0.3) is 11.4 Å². The van der Waals surface area contributed by atoms with Crippen molar-refractivity contribution in [3.8, 4) is 17.1 Å². The van der Waals surface area contributed by atoms with Gasteiger partial charge in [-0.3, -0.25) is 14.4 Å². The predicted octanol–water partition coefficient (Wildman–Crippen LogP) is 2.38. The Hall–Kier alpha value is -5.04. The maximum atomic E-state index is 14.5. The summed E-state index contributed by atoms with van der Waals surface area (Å²) in [5.74, 6) is -2.28. The molecule has 1 aliphatic heterocycles. The number of likely N-dealkylation sites (tertiary alicyclic amines) is 1. The van der Waals surface area contributed by atoms with Crippen molar-refractivity contribution in [2.45, 2.75) is 88.7 Å². The van der Waals surface area contributed by atoms with E-state index in [0.29, 0.717) is 16.3 Å². The van der Waals surface area contributed by atoms with Crippen LogP contribution in [0.1, 0.15) is 60.4 Å². The fourth-order valence-electron chi connectivity index (χ4n) is 6.14. The Balaban J connectivity index is 1.46. The van der Waals surface area contributed by atoms with Gasteiger partial charge >= 0.3 is 6.09 Å². The molecule has 0 bridgehead atoms. The Morgan fingerprint density at radius 2 is 1.85 bits per heavy atom. The number of imidazole rings is 1. The van der Waals surface area contributed by atoms with E-state index < -0.39 is 74.4 Å². The number of amides is 4. The van der Waals surface area contributed by atoms with E-state index in [0.717, 1.165) is 0 Å². The average Bonchev–Trinajstić information content (AvgIpc) is 3.48. The number of methoxy groups -OCH3 is 1. The summed E-state index contributed by atoms with van der Waals surface area (Å²) >= 11 is 6.32. The summed E-state index contributed by atoms with van der Waals surface area (Å²) in [4.78, 5) is 61.8. The molecule has 18 nitrogen and oxygen atoms in total. The molecule has 0 radical (unpaired) electrons. The third kappa shape index (κ3) is 8.51. The second kappa shape index (κ2) is 14.7. The maximum absolute atomic E-state index is 14.5. The third-order valence-electron chi connectivity index (χ3n) is 9.04. The van der Waals surface area contributed by atoms with Gasteiger partial charge in [0.25, 0.3) is 15.9 Å². The maximum Gasteiger partial charge on any atom is 0.408 e. The van der Waals surface area contributed by atoms with Gasteiger partial charge in [0.2, 0.25) is 17.6 Å². The minimum atomic E-state index is -4.39. The molecule has 3 heterocycles. The number of hydrogen-bond donors (Lipinski definition) is 3. The van der Waals surface area contributed by atoms with E-state index in [1.165, 1.54) is 40.0 Å². The molecule has 2 aliphatic rings. The van der Waals surface area contributed by atoms with Gasteiger partial charge in [0.05, 0.1) is 24.5 Å². The minimum Gasteiger partial charge on any atom is -0.495 e. The van der Waals surface area contributed by atoms with Crippen molar-refractivity contribution >= 4 is 45.4 Å². The van der Waals surface area contributed by atoms with Crippen LogP contribution in [0, 0.1) is 11.3 Å². The van der Waals surface area contributed by atoms with Crippen molar-refractivity contribution in [2.24, 2.45) is 18.4 Å². The summed E-state index contributed by atoms with van der Waals surface area (Å²) in [6.45, 7) is 14.0. The first-order valence-corrected chi connectivity index (χ1v) is 18.9. The summed E-state index contributed by atoms with van der Waals surface area (Å²) in [5, 5.41) is 18.3. The second-order valence-corrected chi connectivity index (χ2v) is 17.5. The molecule has 1 saturated carbocycles. The molecule has 5 rings (SSSR count). The Bertz CT molecular complexity index is 2070. The number of carbonyl (C=O) groups excluding carboxylic acids is 4. The summed E-state index contributed by atoms with van der Waals surface area (Å²) in [7, 11) is -1.33. The van der Waals surface area contributed by atoms with Crippen molar-refractivity contribution in [1.29, 1.82) is 0 Å². The summed E-state index contributed by atoms with van der Waals surface area (Å²) in [6.07, 6.45) is 3.14. The highest BCUT2D eigenvalue weighted by Gasteiger charge is 2.61. The molecule has 2 fully saturated rings. The van der Waals surface area contributed by atoms with Crippen LogP contribution in [0.2, 0.25) is 5.02 Å². The largest absolute Gasteiger partial charge is 0.495 e. The highest BCUT2D eigenvalue weighted by atomic mass is 35.5. The number of nitrogens with one attached hydrogen (secondary N) is 3. The van der Waals surface area contributed by atoms with Crippen LogP contribution in [0.15, 0.2) is 48.4 Å². The van der Waals surface area contributed by atoms with Crippen LogP contribution in [-0.2, 0) is 36.2 Å². The molecule has 2 aromatic heterocycles. The zero-order valence-electron chi connectivity index (χ0n) is 31.3. The van der Waals surface area contributed by atoms with E-state index in [1.807, 2.05) is 4.72 Å². The fourth-order valence-corrected chi connectivity index (χ4v) is 7.42. The van der Waals surface area contributed by atoms with Gasteiger partial charge in [0.15, 0.2) is 5.03 Å². The number of halogens is 1. The standard InChI is InChI=1S/C34H45ClN10O8S/c1-10-20-15-34(20,30(48)41-54(50,51)25-17-43(8)18-36-25)38-28(46)23-14-21(45-40-27(39-42-45)19-11-12-24(52-9)22(35)13-19)16-44(23)29(47)26(32(2,3)4)37-31(49)53-33(5,6)7/h10-13,17-18,20-21,23,26H,1,14-16H2,2-9H3,(H,37,49)(H,38,46)(H,41,48)/t20-,21-,23+,26-,34-/m1/s1. The van der Waals surface area contributed by atoms with E-state index >= 15 is 0 Å². The number of aryl methyl sites for hydroxylation is 1. The van der Waals surface area contributed by atoms with Crippen LogP contribution in [0.3, 0.4) is 0 Å². The molecule has 20 heteroatoms. The lowest BCUT2D eigenvalue weighted by molar-refractivity contribution is -0.143. The number of tetrazole rings is 1. The van der Waals surface area contributed by atoms with Crippen molar-refractivity contribution in [1.82, 2.24) is 50.0 Å². The first kappa shape index (κ1) is 40.2. The molecule has 4 amide bonds. The van der Waals surface area contributed by atoms with Crippen molar-refractivity contribution in [3.63, 3.8) is 0 Å². The van der Waals surface area contributed by atoms with Gasteiger partial charge < -0.3 is 29.6 Å². The Morgan fingerprint density at radius 1 is 1.15 bits per heavy atom. The summed E-state index contributed by atoms with van der Waals surface area (Å²) in [6, 6.07) is 1.90. The Kier molecular flexibility index (Phi) is 10.9. The fraction of sp³-hybridized carbons (Fsp3) is 0.529. The lowest BCUT2D eigenvalue weighted by Crippen LogP contribution is -2.60. The van der Waals surface area contributed by atoms with Crippen LogP contribution >= 0.6 is 11.6 Å². The molecule has 5 atom stereocenters. The van der Waals surface area contributed by atoms with Gasteiger partial charge in [-0.15, -0.1) is 16.8 Å². The quantitative estimate of drug-likeness (QED) is 0.239. The SMILES string of the molecule is C=C[C@@H]1C[C@]1(NC(=O)[C@@H]1C[C@@H](n2nnc(-c3ccc(OC)c(Cl)c3)n2)CN1C(=O)[C@@H](NC(=O)OC(C)(C)C)C(C)(C)C)C(=O)NS(=O)(=O)c1cn(C)cn1.